The van der Waals surface area contributed by atoms with Gasteiger partial charge in [0.1, 0.15) is 5.25 Å². The molecule has 1 saturated carbocycles. The molecule has 2 aromatic rings. The first-order valence-electron chi connectivity index (χ1n) is 9.38. The standard InChI is InChI=1S/C21H21Cl2NO3S/c22-16-5-3-15(4-6-16)21(11-1-2-12-21)20(25)24-13-19(14-24)28(26,27)18-9-7-17(23)8-10-18/h3-10,19H,1-2,11-14H2. The highest BCUT2D eigenvalue weighted by atomic mass is 35.5. The quantitative estimate of drug-likeness (QED) is 0.707. The minimum atomic E-state index is -3.47. The number of carbonyl (C=O) groups is 1. The molecule has 1 aliphatic carbocycles. The number of benzene rings is 2. The minimum absolute atomic E-state index is 0.0369. The van der Waals surface area contributed by atoms with Crippen LogP contribution in [0.2, 0.25) is 10.0 Å². The maximum Gasteiger partial charge on any atom is 0.233 e. The van der Waals surface area contributed by atoms with Gasteiger partial charge in [0, 0.05) is 23.1 Å². The molecule has 0 atom stereocenters. The van der Waals surface area contributed by atoms with Crippen molar-refractivity contribution in [1.82, 2.24) is 4.90 Å². The lowest BCUT2D eigenvalue weighted by Gasteiger charge is -2.43. The third-order valence-electron chi connectivity index (χ3n) is 5.98. The predicted octanol–water partition coefficient (Wildman–Crippen LogP) is 4.49. The van der Waals surface area contributed by atoms with E-state index in [0.29, 0.717) is 10.0 Å². The summed E-state index contributed by atoms with van der Waals surface area (Å²) in [6.45, 7) is 0.471. The van der Waals surface area contributed by atoms with Crippen LogP contribution >= 0.6 is 23.2 Å². The number of carbonyl (C=O) groups excluding carboxylic acids is 1. The number of likely N-dealkylation sites (tertiary alicyclic amines) is 1. The van der Waals surface area contributed by atoms with Crippen molar-refractivity contribution in [2.45, 2.75) is 41.2 Å². The largest absolute Gasteiger partial charge is 0.339 e. The molecule has 0 radical (unpaired) electrons. The minimum Gasteiger partial charge on any atom is -0.339 e. The van der Waals surface area contributed by atoms with Crippen LogP contribution < -0.4 is 0 Å². The summed E-state index contributed by atoms with van der Waals surface area (Å²) < 4.78 is 25.6. The molecule has 2 fully saturated rings. The van der Waals surface area contributed by atoms with Gasteiger partial charge in [0.05, 0.1) is 10.3 Å². The Kier molecular flexibility index (Phi) is 5.19. The zero-order chi connectivity index (χ0) is 19.9. The Hall–Kier alpha value is -1.56. The molecule has 4 nitrogen and oxygen atoms in total. The fraction of sp³-hybridized carbons (Fsp3) is 0.381. The van der Waals surface area contributed by atoms with Crippen molar-refractivity contribution in [2.24, 2.45) is 0 Å². The van der Waals surface area contributed by atoms with E-state index in [1.807, 2.05) is 24.3 Å². The van der Waals surface area contributed by atoms with Crippen LogP contribution in [0.25, 0.3) is 0 Å². The highest BCUT2D eigenvalue weighted by Gasteiger charge is 2.50. The van der Waals surface area contributed by atoms with Gasteiger partial charge < -0.3 is 4.90 Å². The van der Waals surface area contributed by atoms with E-state index in [2.05, 4.69) is 0 Å². The van der Waals surface area contributed by atoms with Crippen molar-refractivity contribution >= 4 is 38.9 Å². The van der Waals surface area contributed by atoms with E-state index in [1.54, 1.807) is 17.0 Å². The van der Waals surface area contributed by atoms with Crippen molar-refractivity contribution in [3.05, 3.63) is 64.1 Å². The highest BCUT2D eigenvalue weighted by molar-refractivity contribution is 7.92. The topological polar surface area (TPSA) is 54.5 Å². The van der Waals surface area contributed by atoms with Crippen LogP contribution in [0.15, 0.2) is 53.4 Å². The summed E-state index contributed by atoms with van der Waals surface area (Å²) in [5.74, 6) is 0.0369. The monoisotopic (exact) mass is 437 g/mol. The van der Waals surface area contributed by atoms with Crippen LogP contribution in [0.5, 0.6) is 0 Å². The van der Waals surface area contributed by atoms with Crippen LogP contribution in [-0.2, 0) is 20.0 Å². The number of nitrogens with zero attached hydrogens (tertiary/aromatic N) is 1. The van der Waals surface area contributed by atoms with E-state index < -0.39 is 20.5 Å². The smallest absolute Gasteiger partial charge is 0.233 e. The van der Waals surface area contributed by atoms with E-state index in [0.717, 1.165) is 31.2 Å². The van der Waals surface area contributed by atoms with Crippen molar-refractivity contribution < 1.29 is 13.2 Å². The van der Waals surface area contributed by atoms with Gasteiger partial charge in [-0.05, 0) is 54.8 Å². The molecule has 0 unspecified atom stereocenters. The molecule has 0 spiro atoms. The van der Waals surface area contributed by atoms with E-state index in [-0.39, 0.29) is 23.9 Å². The Morgan fingerprint density at radius 2 is 1.39 bits per heavy atom. The van der Waals surface area contributed by atoms with Crippen molar-refractivity contribution in [2.75, 3.05) is 13.1 Å². The van der Waals surface area contributed by atoms with Crippen LogP contribution in [0.3, 0.4) is 0 Å². The van der Waals surface area contributed by atoms with E-state index in [1.165, 1.54) is 12.1 Å². The fourth-order valence-corrected chi connectivity index (χ4v) is 6.20. The Morgan fingerprint density at radius 3 is 1.93 bits per heavy atom. The number of amides is 1. The molecule has 1 aliphatic heterocycles. The summed E-state index contributed by atoms with van der Waals surface area (Å²) in [6.07, 6.45) is 3.57. The van der Waals surface area contributed by atoms with Gasteiger partial charge in [-0.3, -0.25) is 4.79 Å². The molecular weight excluding hydrogens is 417 g/mol. The summed E-state index contributed by atoms with van der Waals surface area (Å²) in [7, 11) is -3.47. The molecule has 1 heterocycles. The Labute approximate surface area is 175 Å². The molecule has 1 saturated heterocycles. The maximum absolute atomic E-state index is 13.4. The van der Waals surface area contributed by atoms with E-state index >= 15 is 0 Å². The molecule has 0 N–H and O–H groups in total. The second-order valence-electron chi connectivity index (χ2n) is 7.63. The third-order valence-corrected chi connectivity index (χ3v) is 8.59. The van der Waals surface area contributed by atoms with Crippen molar-refractivity contribution in [3.8, 4) is 0 Å². The van der Waals surface area contributed by atoms with Crippen molar-refractivity contribution in [1.29, 1.82) is 0 Å². The van der Waals surface area contributed by atoms with Gasteiger partial charge in [0.2, 0.25) is 5.91 Å². The summed E-state index contributed by atoms with van der Waals surface area (Å²) >= 11 is 11.9. The molecule has 0 bridgehead atoms. The number of hydrogen-bond donors (Lipinski definition) is 0. The third kappa shape index (κ3) is 3.34. The van der Waals surface area contributed by atoms with Gasteiger partial charge in [0.25, 0.3) is 0 Å². The highest BCUT2D eigenvalue weighted by Crippen LogP contribution is 2.44. The van der Waals surface area contributed by atoms with Gasteiger partial charge in [-0.2, -0.15) is 0 Å². The molecule has 2 aliphatic rings. The molecule has 148 valence electrons. The molecule has 1 amide bonds. The normalized spacial score (nSPS) is 19.4. The molecule has 28 heavy (non-hydrogen) atoms. The average molecular weight is 438 g/mol. The van der Waals surface area contributed by atoms with Gasteiger partial charge in [0.15, 0.2) is 9.84 Å². The molecule has 2 aromatic carbocycles. The summed E-state index contributed by atoms with van der Waals surface area (Å²) in [5.41, 5.74) is 0.419. The lowest BCUT2D eigenvalue weighted by atomic mass is 9.77. The molecule has 7 heteroatoms. The first-order chi connectivity index (χ1) is 13.3. The lowest BCUT2D eigenvalue weighted by molar-refractivity contribution is -0.140. The van der Waals surface area contributed by atoms with Crippen molar-refractivity contribution in [3.63, 3.8) is 0 Å². The SMILES string of the molecule is O=C(N1CC(S(=O)(=O)c2ccc(Cl)cc2)C1)C1(c2ccc(Cl)cc2)CCCC1. The van der Waals surface area contributed by atoms with Gasteiger partial charge >= 0.3 is 0 Å². The summed E-state index contributed by atoms with van der Waals surface area (Å²) in [5, 5.41) is 0.569. The number of sulfone groups is 1. The maximum atomic E-state index is 13.4. The summed E-state index contributed by atoms with van der Waals surface area (Å²) in [6, 6.07) is 13.7. The van der Waals surface area contributed by atoms with Gasteiger partial charge in [-0.1, -0.05) is 48.2 Å². The zero-order valence-corrected chi connectivity index (χ0v) is 17.6. The van der Waals surface area contributed by atoms with Crippen LogP contribution in [0.4, 0.5) is 0 Å². The van der Waals surface area contributed by atoms with Crippen LogP contribution in [-0.4, -0.2) is 37.6 Å². The first kappa shape index (κ1) is 19.7. The number of halogens is 2. The van der Waals surface area contributed by atoms with Crippen LogP contribution in [0, 0.1) is 0 Å². The Morgan fingerprint density at radius 1 is 0.893 bits per heavy atom. The zero-order valence-electron chi connectivity index (χ0n) is 15.3. The van der Waals surface area contributed by atoms with E-state index in [4.69, 9.17) is 23.2 Å². The predicted molar refractivity (Wildman–Crippen MR) is 111 cm³/mol. The molecule has 0 aromatic heterocycles. The Balaban J connectivity index is 1.52. The summed E-state index contributed by atoms with van der Waals surface area (Å²) in [4.78, 5) is 15.3. The van der Waals surface area contributed by atoms with Crippen LogP contribution in [0.1, 0.15) is 31.2 Å². The fourth-order valence-electron chi connectivity index (χ4n) is 4.29. The Bertz CT molecular complexity index is 975. The van der Waals surface area contributed by atoms with E-state index in [9.17, 15) is 13.2 Å². The molecular formula is C21H21Cl2NO3S. The number of rotatable bonds is 4. The lowest BCUT2D eigenvalue weighted by Crippen LogP contribution is -2.61. The van der Waals surface area contributed by atoms with Gasteiger partial charge in [-0.15, -0.1) is 0 Å². The first-order valence-corrected chi connectivity index (χ1v) is 11.7. The van der Waals surface area contributed by atoms with Gasteiger partial charge in [-0.25, -0.2) is 8.42 Å². The number of hydrogen-bond acceptors (Lipinski definition) is 3. The average Bonchev–Trinajstić information content (AvgIpc) is 3.12. The second kappa shape index (κ2) is 7.36. The second-order valence-corrected chi connectivity index (χ2v) is 10.7. The molecule has 4 rings (SSSR count).